The van der Waals surface area contributed by atoms with Gasteiger partial charge in [0.15, 0.2) is 5.76 Å². The number of esters is 1. The lowest BCUT2D eigenvalue weighted by molar-refractivity contribution is -0.140. The van der Waals surface area contributed by atoms with Crippen LogP contribution in [0.4, 0.5) is 0 Å². The Bertz CT molecular complexity index is 783. The molecule has 1 atom stereocenters. The van der Waals surface area contributed by atoms with E-state index in [-0.39, 0.29) is 24.5 Å². The van der Waals surface area contributed by atoms with Crippen LogP contribution in [0.15, 0.2) is 44.0 Å². The smallest absolute Gasteiger partial charge is 0.306 e. The van der Waals surface area contributed by atoms with E-state index in [1.807, 2.05) is 6.07 Å². The maximum atomic E-state index is 12.0. The second kappa shape index (κ2) is 8.12. The summed E-state index contributed by atoms with van der Waals surface area (Å²) in [5.41, 5.74) is 0.107. The molecule has 1 heterocycles. The van der Waals surface area contributed by atoms with Gasteiger partial charge in [0.25, 0.3) is 0 Å². The van der Waals surface area contributed by atoms with Crippen molar-refractivity contribution >= 4 is 21.9 Å². The molecule has 1 unspecified atom stereocenters. The summed E-state index contributed by atoms with van der Waals surface area (Å²) in [7, 11) is 2.74. The van der Waals surface area contributed by atoms with Gasteiger partial charge in [-0.05, 0) is 17.7 Å². The average Bonchev–Trinajstić information content (AvgIpc) is 2.56. The Labute approximate surface area is 147 Å². The Morgan fingerprint density at radius 1 is 1.33 bits per heavy atom. The molecule has 0 aliphatic carbocycles. The first-order valence-electron chi connectivity index (χ1n) is 7.13. The van der Waals surface area contributed by atoms with Crippen molar-refractivity contribution in [2.75, 3.05) is 14.2 Å². The molecule has 0 saturated carbocycles. The molecule has 0 fully saturated rings. The van der Waals surface area contributed by atoms with E-state index in [1.165, 1.54) is 20.3 Å². The Balaban J connectivity index is 2.58. The highest BCUT2D eigenvalue weighted by atomic mass is 79.9. The SMILES string of the molecule is COCc1cc(=O)c(O)c(C(CC(=O)OC)c2cccc(Br)c2)o1. The van der Waals surface area contributed by atoms with Crippen molar-refractivity contribution < 1.29 is 23.8 Å². The molecule has 0 aliphatic heterocycles. The van der Waals surface area contributed by atoms with Crippen LogP contribution >= 0.6 is 15.9 Å². The first-order valence-corrected chi connectivity index (χ1v) is 7.92. The van der Waals surface area contributed by atoms with E-state index in [4.69, 9.17) is 13.9 Å². The molecule has 7 heteroatoms. The first kappa shape index (κ1) is 18.2. The van der Waals surface area contributed by atoms with E-state index >= 15 is 0 Å². The molecule has 1 N–H and O–H groups in total. The highest BCUT2D eigenvalue weighted by Crippen LogP contribution is 2.34. The van der Waals surface area contributed by atoms with Crippen LogP contribution in [-0.2, 0) is 20.9 Å². The van der Waals surface area contributed by atoms with Crippen molar-refractivity contribution in [2.45, 2.75) is 18.9 Å². The van der Waals surface area contributed by atoms with Crippen molar-refractivity contribution in [3.63, 3.8) is 0 Å². The van der Waals surface area contributed by atoms with Crippen molar-refractivity contribution in [2.24, 2.45) is 0 Å². The molecule has 0 bridgehead atoms. The molecular formula is C17H17BrO6. The number of carbonyl (C=O) groups excluding carboxylic acids is 1. The van der Waals surface area contributed by atoms with Gasteiger partial charge in [-0.15, -0.1) is 0 Å². The van der Waals surface area contributed by atoms with Gasteiger partial charge in [0, 0.05) is 17.6 Å². The standard InChI is InChI=1S/C17H17BrO6/c1-22-9-12-7-14(19)16(21)17(24-12)13(8-15(20)23-2)10-4-3-5-11(18)6-10/h3-7,13,21H,8-9H2,1-2H3. The van der Waals surface area contributed by atoms with Crippen molar-refractivity contribution in [1.82, 2.24) is 0 Å². The summed E-state index contributed by atoms with van der Waals surface area (Å²) < 4.78 is 16.1. The molecule has 0 aliphatic rings. The molecule has 1 aromatic carbocycles. The van der Waals surface area contributed by atoms with Gasteiger partial charge in [-0.25, -0.2) is 0 Å². The minimum absolute atomic E-state index is 0.0121. The third-order valence-corrected chi connectivity index (χ3v) is 3.95. The molecule has 6 nitrogen and oxygen atoms in total. The quantitative estimate of drug-likeness (QED) is 0.755. The summed E-state index contributed by atoms with van der Waals surface area (Å²) >= 11 is 3.37. The third kappa shape index (κ3) is 4.24. The van der Waals surface area contributed by atoms with Gasteiger partial charge in [0.1, 0.15) is 12.4 Å². The minimum atomic E-state index is -0.667. The van der Waals surface area contributed by atoms with Crippen LogP contribution in [0, 0.1) is 0 Å². The second-order valence-electron chi connectivity index (χ2n) is 5.11. The van der Waals surface area contributed by atoms with Gasteiger partial charge in [0.2, 0.25) is 11.2 Å². The molecule has 24 heavy (non-hydrogen) atoms. The van der Waals surface area contributed by atoms with Crippen LogP contribution in [0.3, 0.4) is 0 Å². The number of hydrogen-bond acceptors (Lipinski definition) is 6. The van der Waals surface area contributed by atoms with Crippen LogP contribution in [0.2, 0.25) is 0 Å². The largest absolute Gasteiger partial charge is 0.502 e. The van der Waals surface area contributed by atoms with Crippen LogP contribution in [-0.4, -0.2) is 25.3 Å². The molecule has 0 radical (unpaired) electrons. The van der Waals surface area contributed by atoms with E-state index in [0.29, 0.717) is 5.56 Å². The number of hydrogen-bond donors (Lipinski definition) is 1. The van der Waals surface area contributed by atoms with Crippen LogP contribution < -0.4 is 5.43 Å². The summed E-state index contributed by atoms with van der Waals surface area (Å²) in [5, 5.41) is 10.2. The van der Waals surface area contributed by atoms with E-state index < -0.39 is 23.1 Å². The zero-order chi connectivity index (χ0) is 17.7. The van der Waals surface area contributed by atoms with E-state index in [2.05, 4.69) is 15.9 Å². The molecule has 0 saturated heterocycles. The monoisotopic (exact) mass is 396 g/mol. The normalized spacial score (nSPS) is 12.0. The summed E-state index contributed by atoms with van der Waals surface area (Å²) in [6, 6.07) is 8.35. The predicted octanol–water partition coefficient (Wildman–Crippen LogP) is 2.95. The number of rotatable bonds is 6. The second-order valence-corrected chi connectivity index (χ2v) is 6.03. The maximum absolute atomic E-state index is 12.0. The number of benzene rings is 1. The molecule has 0 spiro atoms. The Hall–Kier alpha value is -2.12. The van der Waals surface area contributed by atoms with E-state index in [1.54, 1.807) is 18.2 Å². The average molecular weight is 397 g/mol. The fourth-order valence-corrected chi connectivity index (χ4v) is 2.76. The predicted molar refractivity (Wildman–Crippen MR) is 90.0 cm³/mol. The van der Waals surface area contributed by atoms with Gasteiger partial charge >= 0.3 is 5.97 Å². The molecule has 0 amide bonds. The van der Waals surface area contributed by atoms with Crippen LogP contribution in [0.25, 0.3) is 0 Å². The van der Waals surface area contributed by atoms with Crippen LogP contribution in [0.1, 0.15) is 29.4 Å². The molecule has 128 valence electrons. The van der Waals surface area contributed by atoms with Crippen molar-refractivity contribution in [3.8, 4) is 5.75 Å². The lowest BCUT2D eigenvalue weighted by Crippen LogP contribution is -2.14. The zero-order valence-corrected chi connectivity index (χ0v) is 14.8. The minimum Gasteiger partial charge on any atom is -0.502 e. The van der Waals surface area contributed by atoms with Crippen molar-refractivity contribution in [1.29, 1.82) is 0 Å². The summed E-state index contributed by atoms with van der Waals surface area (Å²) in [5.74, 6) is -1.40. The molecule has 2 rings (SSSR count). The third-order valence-electron chi connectivity index (χ3n) is 3.45. The number of ether oxygens (including phenoxy) is 2. The Kier molecular flexibility index (Phi) is 6.16. The topological polar surface area (TPSA) is 86.0 Å². The van der Waals surface area contributed by atoms with Gasteiger partial charge < -0.3 is 19.0 Å². The molecule has 1 aromatic heterocycles. The number of halogens is 1. The first-order chi connectivity index (χ1) is 11.5. The summed E-state index contributed by atoms with van der Waals surface area (Å²) in [6.45, 7) is 0.0753. The lowest BCUT2D eigenvalue weighted by Gasteiger charge is -2.17. The lowest BCUT2D eigenvalue weighted by atomic mass is 9.92. The van der Waals surface area contributed by atoms with Gasteiger partial charge in [-0.1, -0.05) is 28.1 Å². The fraction of sp³-hybridized carbons (Fsp3) is 0.294. The number of carbonyl (C=O) groups is 1. The summed E-state index contributed by atoms with van der Waals surface area (Å²) in [4.78, 5) is 23.8. The fourth-order valence-electron chi connectivity index (χ4n) is 2.34. The highest BCUT2D eigenvalue weighted by molar-refractivity contribution is 9.10. The van der Waals surface area contributed by atoms with E-state index in [0.717, 1.165) is 4.47 Å². The maximum Gasteiger partial charge on any atom is 0.306 e. The summed E-state index contributed by atoms with van der Waals surface area (Å²) in [6.07, 6.45) is -0.0834. The van der Waals surface area contributed by atoms with E-state index in [9.17, 15) is 14.7 Å². The Morgan fingerprint density at radius 2 is 2.08 bits per heavy atom. The number of aromatic hydroxyl groups is 1. The number of methoxy groups -OCH3 is 2. The van der Waals surface area contributed by atoms with Crippen LogP contribution in [0.5, 0.6) is 5.75 Å². The van der Waals surface area contributed by atoms with Gasteiger partial charge in [-0.2, -0.15) is 0 Å². The highest BCUT2D eigenvalue weighted by Gasteiger charge is 2.26. The van der Waals surface area contributed by atoms with Gasteiger partial charge in [-0.3, -0.25) is 9.59 Å². The zero-order valence-electron chi connectivity index (χ0n) is 13.2. The Morgan fingerprint density at radius 3 is 2.71 bits per heavy atom. The van der Waals surface area contributed by atoms with Crippen molar-refractivity contribution in [3.05, 3.63) is 62.1 Å². The molecular weight excluding hydrogens is 380 g/mol. The van der Waals surface area contributed by atoms with Gasteiger partial charge in [0.05, 0.1) is 19.4 Å². The molecule has 2 aromatic rings.